The zero-order valence-electron chi connectivity index (χ0n) is 15.0. The first-order chi connectivity index (χ1) is 13.3. The molecule has 0 atom stereocenters. The fraction of sp³-hybridized carbons (Fsp3) is 0.0417. The van der Waals surface area contributed by atoms with E-state index in [-0.39, 0.29) is 0 Å². The number of nitrogens with zero attached hydrogens (tertiary/aromatic N) is 2. The molecule has 2 N–H and O–H groups in total. The lowest BCUT2D eigenvalue weighted by molar-refractivity contribution is 1.10. The van der Waals surface area contributed by atoms with Gasteiger partial charge in [-0.05, 0) is 30.2 Å². The SMILES string of the molecule is N/C(=C\C=C/Cc1ccccc1)c1nc(-c2ccccc2)c2ccccn12. The lowest BCUT2D eigenvalue weighted by Gasteiger charge is -2.00. The summed E-state index contributed by atoms with van der Waals surface area (Å²) in [7, 11) is 0. The minimum absolute atomic E-state index is 0.641. The van der Waals surface area contributed by atoms with Crippen LogP contribution in [0.5, 0.6) is 0 Å². The van der Waals surface area contributed by atoms with Gasteiger partial charge in [0.15, 0.2) is 5.82 Å². The second kappa shape index (κ2) is 7.75. The van der Waals surface area contributed by atoms with Gasteiger partial charge in [-0.15, -0.1) is 0 Å². The van der Waals surface area contributed by atoms with E-state index in [1.54, 1.807) is 0 Å². The van der Waals surface area contributed by atoms with E-state index in [1.165, 1.54) is 5.56 Å². The van der Waals surface area contributed by atoms with Crippen molar-refractivity contribution in [1.29, 1.82) is 0 Å². The molecule has 0 aliphatic heterocycles. The van der Waals surface area contributed by atoms with E-state index in [4.69, 9.17) is 10.7 Å². The van der Waals surface area contributed by atoms with Crippen LogP contribution in [0.3, 0.4) is 0 Å². The van der Waals surface area contributed by atoms with Gasteiger partial charge in [0, 0.05) is 11.8 Å². The van der Waals surface area contributed by atoms with E-state index in [0.29, 0.717) is 5.70 Å². The number of aromatic nitrogens is 2. The molecule has 2 aromatic carbocycles. The smallest absolute Gasteiger partial charge is 0.161 e. The van der Waals surface area contributed by atoms with Gasteiger partial charge in [0.1, 0.15) is 0 Å². The van der Waals surface area contributed by atoms with Crippen molar-refractivity contribution < 1.29 is 0 Å². The molecule has 0 bridgehead atoms. The van der Waals surface area contributed by atoms with E-state index >= 15 is 0 Å². The van der Waals surface area contributed by atoms with E-state index < -0.39 is 0 Å². The Labute approximate surface area is 159 Å². The minimum Gasteiger partial charge on any atom is -0.396 e. The van der Waals surface area contributed by atoms with Gasteiger partial charge in [0.05, 0.1) is 16.9 Å². The molecule has 27 heavy (non-hydrogen) atoms. The fourth-order valence-corrected chi connectivity index (χ4v) is 3.11. The third-order valence-electron chi connectivity index (χ3n) is 4.46. The van der Waals surface area contributed by atoms with Gasteiger partial charge in [-0.1, -0.05) is 78.9 Å². The molecule has 3 nitrogen and oxygen atoms in total. The largest absolute Gasteiger partial charge is 0.396 e. The van der Waals surface area contributed by atoms with Crippen molar-refractivity contribution >= 4 is 11.2 Å². The first-order valence-corrected chi connectivity index (χ1v) is 9.02. The highest BCUT2D eigenvalue weighted by molar-refractivity contribution is 5.80. The first kappa shape index (κ1) is 16.9. The first-order valence-electron chi connectivity index (χ1n) is 9.02. The number of hydrogen-bond donors (Lipinski definition) is 1. The molecule has 0 fully saturated rings. The number of nitrogens with two attached hydrogens (primary N) is 1. The predicted octanol–water partition coefficient (Wildman–Crippen LogP) is 5.10. The maximum absolute atomic E-state index is 6.36. The monoisotopic (exact) mass is 351 g/mol. The summed E-state index contributed by atoms with van der Waals surface area (Å²) >= 11 is 0. The summed E-state index contributed by atoms with van der Waals surface area (Å²) in [5.74, 6) is 0.758. The number of allylic oxidation sites excluding steroid dienone is 3. The normalized spacial score (nSPS) is 12.1. The van der Waals surface area contributed by atoms with Crippen LogP contribution in [-0.4, -0.2) is 9.38 Å². The molecule has 0 radical (unpaired) electrons. The summed E-state index contributed by atoms with van der Waals surface area (Å²) in [6.07, 6.45) is 8.89. The van der Waals surface area contributed by atoms with E-state index in [9.17, 15) is 0 Å². The maximum Gasteiger partial charge on any atom is 0.161 e. The Morgan fingerprint density at radius 1 is 0.889 bits per heavy atom. The third kappa shape index (κ3) is 3.67. The molecule has 3 heteroatoms. The van der Waals surface area contributed by atoms with Crippen LogP contribution in [-0.2, 0) is 6.42 Å². The van der Waals surface area contributed by atoms with Crippen LogP contribution in [0, 0.1) is 0 Å². The van der Waals surface area contributed by atoms with Crippen molar-refractivity contribution in [2.75, 3.05) is 0 Å². The zero-order chi connectivity index (χ0) is 18.5. The lowest BCUT2D eigenvalue weighted by Crippen LogP contribution is -2.01. The lowest BCUT2D eigenvalue weighted by atomic mass is 10.1. The Morgan fingerprint density at radius 3 is 2.37 bits per heavy atom. The molecule has 132 valence electrons. The summed E-state index contributed by atoms with van der Waals surface area (Å²) in [6, 6.07) is 26.6. The summed E-state index contributed by atoms with van der Waals surface area (Å²) in [5.41, 5.74) is 11.3. The van der Waals surface area contributed by atoms with Gasteiger partial charge in [-0.3, -0.25) is 4.40 Å². The van der Waals surface area contributed by atoms with Crippen molar-refractivity contribution in [3.8, 4) is 11.3 Å². The second-order valence-electron chi connectivity index (χ2n) is 6.35. The van der Waals surface area contributed by atoms with Crippen LogP contribution < -0.4 is 5.73 Å². The number of benzene rings is 2. The zero-order valence-corrected chi connectivity index (χ0v) is 15.0. The predicted molar refractivity (Wildman–Crippen MR) is 112 cm³/mol. The summed E-state index contributed by atoms with van der Waals surface area (Å²) in [4.78, 5) is 4.83. The molecule has 0 amide bonds. The highest BCUT2D eigenvalue weighted by Crippen LogP contribution is 2.26. The van der Waals surface area contributed by atoms with Gasteiger partial charge >= 0.3 is 0 Å². The second-order valence-corrected chi connectivity index (χ2v) is 6.35. The van der Waals surface area contributed by atoms with Crippen LogP contribution >= 0.6 is 0 Å². The van der Waals surface area contributed by atoms with Gasteiger partial charge in [0.2, 0.25) is 0 Å². The molecule has 4 rings (SSSR count). The van der Waals surface area contributed by atoms with Crippen LogP contribution in [0.25, 0.3) is 22.5 Å². The summed E-state index contributed by atoms with van der Waals surface area (Å²) in [5, 5.41) is 0. The molecule has 0 saturated carbocycles. The summed E-state index contributed by atoms with van der Waals surface area (Å²) < 4.78 is 2.04. The van der Waals surface area contributed by atoms with Crippen LogP contribution in [0.4, 0.5) is 0 Å². The van der Waals surface area contributed by atoms with Gasteiger partial charge in [-0.2, -0.15) is 0 Å². The molecule has 0 unspecified atom stereocenters. The average molecular weight is 351 g/mol. The van der Waals surface area contributed by atoms with Crippen molar-refractivity contribution in [3.63, 3.8) is 0 Å². The molecule has 0 spiro atoms. The van der Waals surface area contributed by atoms with Crippen LogP contribution in [0.2, 0.25) is 0 Å². The molecule has 0 saturated heterocycles. The van der Waals surface area contributed by atoms with Crippen LogP contribution in [0.15, 0.2) is 103 Å². The quantitative estimate of drug-likeness (QED) is 0.508. The van der Waals surface area contributed by atoms with Crippen molar-refractivity contribution in [3.05, 3.63) is 115 Å². The molecule has 2 aromatic heterocycles. The Kier molecular flexibility index (Phi) is 4.84. The van der Waals surface area contributed by atoms with E-state index in [1.807, 2.05) is 59.1 Å². The van der Waals surface area contributed by atoms with E-state index in [2.05, 4.69) is 48.5 Å². The van der Waals surface area contributed by atoms with Gasteiger partial charge in [-0.25, -0.2) is 4.98 Å². The number of rotatable bonds is 5. The maximum atomic E-state index is 6.36. The number of pyridine rings is 1. The number of imidazole rings is 1. The molecule has 4 aromatic rings. The average Bonchev–Trinajstić information content (AvgIpc) is 3.12. The Morgan fingerprint density at radius 2 is 1.59 bits per heavy atom. The molecular weight excluding hydrogens is 330 g/mol. The fourth-order valence-electron chi connectivity index (χ4n) is 3.11. The Balaban J connectivity index is 1.65. The highest BCUT2D eigenvalue weighted by Gasteiger charge is 2.13. The Hall–Kier alpha value is -3.59. The third-order valence-corrected chi connectivity index (χ3v) is 4.46. The standard InChI is InChI=1S/C24H21N3/c25-21(16-8-7-13-19-11-3-1-4-12-19)24-26-23(20-14-5-2-6-15-20)22-17-9-10-18-27(22)24/h1-12,14-18H,13,25H2/b8-7-,21-16-. The highest BCUT2D eigenvalue weighted by atomic mass is 15.0. The van der Waals surface area contributed by atoms with E-state index in [0.717, 1.165) is 29.0 Å². The van der Waals surface area contributed by atoms with Crippen molar-refractivity contribution in [2.24, 2.45) is 5.73 Å². The molecular formula is C24H21N3. The van der Waals surface area contributed by atoms with Crippen molar-refractivity contribution in [1.82, 2.24) is 9.38 Å². The summed E-state index contributed by atoms with van der Waals surface area (Å²) in [6.45, 7) is 0. The topological polar surface area (TPSA) is 43.3 Å². The molecule has 0 aliphatic carbocycles. The molecule has 2 heterocycles. The number of hydrogen-bond acceptors (Lipinski definition) is 2. The van der Waals surface area contributed by atoms with Crippen LogP contribution in [0.1, 0.15) is 11.4 Å². The van der Waals surface area contributed by atoms with Crippen molar-refractivity contribution in [2.45, 2.75) is 6.42 Å². The van der Waals surface area contributed by atoms with Gasteiger partial charge < -0.3 is 5.73 Å². The Bertz CT molecular complexity index is 1090. The molecule has 0 aliphatic rings. The van der Waals surface area contributed by atoms with Gasteiger partial charge in [0.25, 0.3) is 0 Å². The minimum atomic E-state index is 0.641. The number of fused-ring (bicyclic) bond motifs is 1.